The molecule has 8 nitrogen and oxygen atoms in total. The number of rotatable bonds is 3. The van der Waals surface area contributed by atoms with Crippen molar-refractivity contribution in [2.24, 2.45) is 0 Å². The summed E-state index contributed by atoms with van der Waals surface area (Å²) >= 11 is 11.0. The normalized spacial score (nSPS) is 9.45. The second-order valence-corrected chi connectivity index (χ2v) is 4.43. The Hall–Kier alpha value is -2.32. The lowest BCUT2D eigenvalue weighted by Crippen LogP contribution is -1.95. The molecule has 0 atom stereocenters. The Bertz CT molecular complexity index is 670. The second kappa shape index (κ2) is 8.20. The molecule has 0 bridgehead atoms. The summed E-state index contributed by atoms with van der Waals surface area (Å²) in [6.45, 7) is 0. The molecule has 2 aromatic rings. The highest BCUT2D eigenvalue weighted by molar-refractivity contribution is 6.29. The van der Waals surface area contributed by atoms with Crippen molar-refractivity contribution >= 4 is 34.6 Å². The van der Waals surface area contributed by atoms with Crippen molar-refractivity contribution in [3.63, 3.8) is 0 Å². The molecule has 22 heavy (non-hydrogen) atoms. The molecule has 0 fully saturated rings. The first-order valence-corrected chi connectivity index (χ1v) is 6.45. The third-order valence-corrected chi connectivity index (χ3v) is 2.67. The Kier molecular flexibility index (Phi) is 6.61. The lowest BCUT2D eigenvalue weighted by Gasteiger charge is -2.00. The van der Waals surface area contributed by atoms with Crippen LogP contribution in [0.1, 0.15) is 0 Å². The number of aromatic nitrogens is 2. The lowest BCUT2D eigenvalue weighted by molar-refractivity contribution is -0.386. The zero-order chi connectivity index (χ0) is 16.7. The summed E-state index contributed by atoms with van der Waals surface area (Å²) in [6, 6.07) is 5.84. The molecule has 0 spiro atoms. The predicted octanol–water partition coefficient (Wildman–Crippen LogP) is 2.98. The smallest absolute Gasteiger partial charge is 0.331 e. The van der Waals surface area contributed by atoms with Crippen LogP contribution in [-0.4, -0.2) is 29.1 Å². The van der Waals surface area contributed by atoms with Gasteiger partial charge >= 0.3 is 5.69 Å². The topological polar surface area (TPSA) is 113 Å². The quantitative estimate of drug-likeness (QED) is 0.516. The van der Waals surface area contributed by atoms with E-state index < -0.39 is 4.92 Å². The minimum absolute atomic E-state index is 0.0764. The van der Waals surface area contributed by atoms with Crippen molar-refractivity contribution in [1.29, 1.82) is 0 Å². The molecule has 0 amide bonds. The molecule has 2 N–H and O–H groups in total. The van der Waals surface area contributed by atoms with E-state index >= 15 is 0 Å². The van der Waals surface area contributed by atoms with Crippen molar-refractivity contribution in [3.8, 4) is 11.8 Å². The highest BCUT2D eigenvalue weighted by atomic mass is 35.5. The summed E-state index contributed by atoms with van der Waals surface area (Å²) in [5.74, 6) is 0.292. The van der Waals surface area contributed by atoms with Crippen LogP contribution >= 0.6 is 23.2 Å². The average molecular weight is 347 g/mol. The maximum atomic E-state index is 10.3. The monoisotopic (exact) mass is 346 g/mol. The molecule has 0 saturated carbocycles. The van der Waals surface area contributed by atoms with Gasteiger partial charge in [-0.1, -0.05) is 23.2 Å². The van der Waals surface area contributed by atoms with Gasteiger partial charge in [0.1, 0.15) is 10.3 Å². The van der Waals surface area contributed by atoms with Crippen LogP contribution in [0.15, 0.2) is 24.3 Å². The van der Waals surface area contributed by atoms with Crippen LogP contribution in [0.25, 0.3) is 0 Å². The first kappa shape index (κ1) is 17.7. The number of anilines is 1. The Morgan fingerprint density at radius 2 is 1.55 bits per heavy atom. The van der Waals surface area contributed by atoms with Crippen LogP contribution in [0.5, 0.6) is 11.8 Å². The largest absolute Gasteiger partial charge is 0.479 e. The van der Waals surface area contributed by atoms with Crippen LogP contribution in [-0.2, 0) is 0 Å². The predicted molar refractivity (Wildman–Crippen MR) is 82.7 cm³/mol. The Labute approximate surface area is 135 Å². The van der Waals surface area contributed by atoms with E-state index in [2.05, 4.69) is 14.7 Å². The summed E-state index contributed by atoms with van der Waals surface area (Å²) in [7, 11) is 2.79. The van der Waals surface area contributed by atoms with Crippen LogP contribution in [0.3, 0.4) is 0 Å². The molecule has 2 rings (SSSR count). The number of ether oxygens (including phenoxy) is 2. The summed E-state index contributed by atoms with van der Waals surface area (Å²) in [5, 5.41) is 10.9. The SMILES string of the molecule is COc1nc(Cl)ccc1N.COc1nc(Cl)ccc1[N+](=O)[O-]. The Morgan fingerprint density at radius 3 is 2.00 bits per heavy atom. The van der Waals surface area contributed by atoms with Gasteiger partial charge in [0.05, 0.1) is 24.8 Å². The average Bonchev–Trinajstić information content (AvgIpc) is 2.49. The maximum Gasteiger partial charge on any atom is 0.331 e. The van der Waals surface area contributed by atoms with E-state index in [0.717, 1.165) is 0 Å². The standard InChI is InChI=1S/C6H5ClN2O3.C6H7ClN2O/c1-12-6-4(9(10)11)2-3-5(7)8-6;1-10-6-4(8)2-3-5(7)9-6/h2-3H,1H3;2-3H,8H2,1H3. The van der Waals surface area contributed by atoms with Gasteiger partial charge in [-0.25, -0.2) is 0 Å². The van der Waals surface area contributed by atoms with Gasteiger partial charge in [0, 0.05) is 6.07 Å². The van der Waals surface area contributed by atoms with Crippen molar-refractivity contribution in [1.82, 2.24) is 9.97 Å². The fraction of sp³-hybridized carbons (Fsp3) is 0.167. The minimum atomic E-state index is -0.581. The Morgan fingerprint density at radius 1 is 1.05 bits per heavy atom. The summed E-state index contributed by atoms with van der Waals surface area (Å²) < 4.78 is 9.46. The van der Waals surface area contributed by atoms with Gasteiger partial charge in [-0.15, -0.1) is 0 Å². The van der Waals surface area contributed by atoms with Crippen LogP contribution in [0.2, 0.25) is 10.3 Å². The third-order valence-electron chi connectivity index (χ3n) is 2.25. The Balaban J connectivity index is 0.000000224. The van der Waals surface area contributed by atoms with Crippen molar-refractivity contribution < 1.29 is 14.4 Å². The number of hydrogen-bond donors (Lipinski definition) is 1. The zero-order valence-corrected chi connectivity index (χ0v) is 13.1. The van der Waals surface area contributed by atoms with E-state index in [1.807, 2.05) is 0 Å². The van der Waals surface area contributed by atoms with Gasteiger partial charge in [-0.3, -0.25) is 10.1 Å². The summed E-state index contributed by atoms with van der Waals surface area (Å²) in [5.41, 5.74) is 5.75. The summed E-state index contributed by atoms with van der Waals surface area (Å²) in [6.07, 6.45) is 0. The minimum Gasteiger partial charge on any atom is -0.479 e. The highest BCUT2D eigenvalue weighted by Crippen LogP contribution is 2.25. The lowest BCUT2D eigenvalue weighted by atomic mass is 10.4. The molecule has 118 valence electrons. The third kappa shape index (κ3) is 4.90. The molecule has 0 unspecified atom stereocenters. The summed E-state index contributed by atoms with van der Waals surface area (Å²) in [4.78, 5) is 17.2. The molecule has 0 aliphatic carbocycles. The van der Waals surface area contributed by atoms with Gasteiger partial charge in [-0.05, 0) is 18.2 Å². The first-order valence-electron chi connectivity index (χ1n) is 5.70. The van der Waals surface area contributed by atoms with E-state index in [1.165, 1.54) is 26.4 Å². The van der Waals surface area contributed by atoms with E-state index in [1.54, 1.807) is 12.1 Å². The van der Waals surface area contributed by atoms with Gasteiger partial charge in [-0.2, -0.15) is 9.97 Å². The van der Waals surface area contributed by atoms with E-state index in [9.17, 15) is 10.1 Å². The fourth-order valence-electron chi connectivity index (χ4n) is 1.29. The van der Waals surface area contributed by atoms with Gasteiger partial charge < -0.3 is 15.2 Å². The first-order chi connectivity index (χ1) is 10.4. The number of methoxy groups -OCH3 is 2. The number of hydrogen-bond acceptors (Lipinski definition) is 7. The molecule has 2 heterocycles. The van der Waals surface area contributed by atoms with E-state index in [0.29, 0.717) is 16.7 Å². The van der Waals surface area contributed by atoms with Gasteiger partial charge in [0.25, 0.3) is 5.88 Å². The van der Waals surface area contributed by atoms with Gasteiger partial charge in [0.15, 0.2) is 0 Å². The zero-order valence-electron chi connectivity index (χ0n) is 11.6. The van der Waals surface area contributed by atoms with Crippen molar-refractivity contribution in [3.05, 3.63) is 44.7 Å². The van der Waals surface area contributed by atoms with E-state index in [4.69, 9.17) is 33.7 Å². The highest BCUT2D eigenvalue weighted by Gasteiger charge is 2.15. The number of pyridine rings is 2. The number of nitrogens with zero attached hydrogens (tertiary/aromatic N) is 3. The van der Waals surface area contributed by atoms with Crippen LogP contribution in [0, 0.1) is 10.1 Å². The number of nitro groups is 1. The molecule has 0 aromatic carbocycles. The number of nitrogens with two attached hydrogens (primary N) is 1. The molecule has 0 saturated heterocycles. The van der Waals surface area contributed by atoms with E-state index in [-0.39, 0.29) is 16.7 Å². The molecule has 0 aliphatic rings. The molecule has 0 radical (unpaired) electrons. The van der Waals surface area contributed by atoms with Crippen LogP contribution in [0.4, 0.5) is 11.4 Å². The fourth-order valence-corrected chi connectivity index (χ4v) is 1.57. The molecule has 0 aliphatic heterocycles. The number of halogens is 2. The van der Waals surface area contributed by atoms with Crippen molar-refractivity contribution in [2.45, 2.75) is 0 Å². The molecular weight excluding hydrogens is 335 g/mol. The maximum absolute atomic E-state index is 10.3. The molecule has 2 aromatic heterocycles. The molecule has 10 heteroatoms. The second-order valence-electron chi connectivity index (χ2n) is 3.65. The number of nitrogen functional groups attached to an aromatic ring is 1. The van der Waals surface area contributed by atoms with Gasteiger partial charge in [0.2, 0.25) is 5.88 Å². The van der Waals surface area contributed by atoms with Crippen LogP contribution < -0.4 is 15.2 Å². The molecular formula is C12H12Cl2N4O4. The van der Waals surface area contributed by atoms with Crippen molar-refractivity contribution in [2.75, 3.05) is 20.0 Å².